The van der Waals surface area contributed by atoms with Crippen molar-refractivity contribution in [2.75, 3.05) is 12.3 Å². The van der Waals surface area contributed by atoms with Crippen LogP contribution >= 0.6 is 11.8 Å². The fraction of sp³-hybridized carbons (Fsp3) is 0.609. The minimum Gasteiger partial charge on any atom is -0.356 e. The number of thioether (sulfide) groups is 1. The minimum atomic E-state index is -1.84. The number of urea groups is 1. The van der Waals surface area contributed by atoms with E-state index < -0.39 is 47.0 Å². The number of hydrogen-bond donors (Lipinski definition) is 4. The Morgan fingerprint density at radius 2 is 1.61 bits per heavy atom. The van der Waals surface area contributed by atoms with Gasteiger partial charge in [0, 0.05) is 47.4 Å². The van der Waals surface area contributed by atoms with Gasteiger partial charge in [0.1, 0.15) is 5.69 Å². The molecule has 0 unspecified atom stereocenters. The zero-order valence-electron chi connectivity index (χ0n) is 20.5. The van der Waals surface area contributed by atoms with Crippen molar-refractivity contribution in [1.29, 1.82) is 0 Å². The first-order valence-corrected chi connectivity index (χ1v) is 13.4. The minimum absolute atomic E-state index is 0.0238. The average Bonchev–Trinajstić information content (AvgIpc) is 3.44. The molecule has 15 heteroatoms. The number of carbonyl (C=O) groups is 3. The van der Waals surface area contributed by atoms with E-state index in [-0.39, 0.29) is 30.4 Å². The number of carbonyl (C=O) groups excluding carboxylic acids is 3. The first-order valence-electron chi connectivity index (χ1n) is 12.3. The van der Waals surface area contributed by atoms with Crippen LogP contribution in [-0.2, 0) is 16.1 Å². The third-order valence-corrected chi connectivity index (χ3v) is 7.93. The molecule has 4 N–H and O–H groups in total. The Balaban J connectivity index is 1.23. The summed E-state index contributed by atoms with van der Waals surface area (Å²) in [5.41, 5.74) is 5.83. The molecule has 38 heavy (non-hydrogen) atoms. The van der Waals surface area contributed by atoms with E-state index in [9.17, 15) is 31.9 Å². The molecule has 10 nitrogen and oxygen atoms in total. The molecule has 4 amide bonds. The van der Waals surface area contributed by atoms with E-state index in [1.807, 2.05) is 11.8 Å². The van der Waals surface area contributed by atoms with E-state index in [4.69, 9.17) is 5.53 Å². The number of nitrogens with one attached hydrogen (secondary N) is 4. The number of halogens is 4. The molecule has 2 aliphatic rings. The van der Waals surface area contributed by atoms with Gasteiger partial charge in [0.25, 0.3) is 0 Å². The van der Waals surface area contributed by atoms with Crippen molar-refractivity contribution in [3.8, 4) is 0 Å². The molecule has 2 fully saturated rings. The first kappa shape index (κ1) is 29.4. The molecule has 2 heterocycles. The van der Waals surface area contributed by atoms with Gasteiger partial charge in [0.15, 0.2) is 23.3 Å². The van der Waals surface area contributed by atoms with Gasteiger partial charge < -0.3 is 21.3 Å². The standard InChI is InChI=1S/C23H29F4N7O3S/c24-17-12(18(25)20(27)22(19(17)26)33-34-28)10-30-16(36)7-2-1-5-9-29-15(35)8-4-3-6-14-21-13(11-38-14)31-23(37)32-21/h13-14,21H,1-11H2,(H,29,35)(H,30,36)(H2,31,32,37)/t13-,14-,21-/m0/s1. The zero-order chi connectivity index (χ0) is 27.7. The Morgan fingerprint density at radius 3 is 2.29 bits per heavy atom. The van der Waals surface area contributed by atoms with Crippen molar-refractivity contribution in [2.45, 2.75) is 75.2 Å². The van der Waals surface area contributed by atoms with Crippen LogP contribution in [-0.4, -0.2) is 47.5 Å². The number of hydrogen-bond acceptors (Lipinski definition) is 5. The number of nitrogens with zero attached hydrogens (tertiary/aromatic N) is 3. The molecule has 0 spiro atoms. The lowest BCUT2D eigenvalue weighted by Crippen LogP contribution is -2.36. The van der Waals surface area contributed by atoms with Crippen molar-refractivity contribution in [2.24, 2.45) is 5.11 Å². The van der Waals surface area contributed by atoms with Crippen LogP contribution in [0, 0.1) is 23.3 Å². The first-order chi connectivity index (χ1) is 18.2. The van der Waals surface area contributed by atoms with E-state index in [0.717, 1.165) is 25.0 Å². The topological polar surface area (TPSA) is 148 Å². The van der Waals surface area contributed by atoms with E-state index in [0.29, 0.717) is 37.5 Å². The third-order valence-electron chi connectivity index (χ3n) is 6.42. The van der Waals surface area contributed by atoms with Gasteiger partial charge in [0.05, 0.1) is 12.1 Å². The molecule has 0 aliphatic carbocycles. The summed E-state index contributed by atoms with van der Waals surface area (Å²) in [6.45, 7) is -0.323. The second-order valence-corrected chi connectivity index (χ2v) is 10.3. The fourth-order valence-corrected chi connectivity index (χ4v) is 5.95. The highest BCUT2D eigenvalue weighted by Gasteiger charge is 2.42. The molecule has 1 aromatic rings. The highest BCUT2D eigenvalue weighted by molar-refractivity contribution is 8.00. The van der Waals surface area contributed by atoms with E-state index in [1.54, 1.807) is 0 Å². The third kappa shape index (κ3) is 7.67. The lowest BCUT2D eigenvalue weighted by molar-refractivity contribution is -0.122. The Hall–Kier alpha value is -3.19. The predicted molar refractivity (Wildman–Crippen MR) is 132 cm³/mol. The van der Waals surface area contributed by atoms with Gasteiger partial charge in [-0.15, -0.1) is 0 Å². The number of rotatable bonds is 14. The quantitative estimate of drug-likeness (QED) is 0.0514. The Bertz CT molecular complexity index is 1070. The maximum Gasteiger partial charge on any atom is 0.315 e. The summed E-state index contributed by atoms with van der Waals surface area (Å²) in [4.78, 5) is 37.5. The van der Waals surface area contributed by atoms with Crippen LogP contribution in [0.5, 0.6) is 0 Å². The largest absolute Gasteiger partial charge is 0.356 e. The van der Waals surface area contributed by atoms with Crippen molar-refractivity contribution in [3.63, 3.8) is 0 Å². The molecule has 0 saturated carbocycles. The molecule has 0 bridgehead atoms. The fourth-order valence-electron chi connectivity index (χ4n) is 4.41. The van der Waals surface area contributed by atoms with Crippen molar-refractivity contribution >= 4 is 35.3 Å². The average molecular weight is 560 g/mol. The maximum absolute atomic E-state index is 14.0. The van der Waals surface area contributed by atoms with E-state index >= 15 is 0 Å². The van der Waals surface area contributed by atoms with Crippen LogP contribution in [0.2, 0.25) is 0 Å². The molecule has 3 rings (SSSR count). The van der Waals surface area contributed by atoms with Crippen LogP contribution in [0.1, 0.15) is 56.9 Å². The maximum atomic E-state index is 14.0. The second kappa shape index (κ2) is 14.1. The van der Waals surface area contributed by atoms with Crippen LogP contribution in [0.4, 0.5) is 28.0 Å². The summed E-state index contributed by atoms with van der Waals surface area (Å²) < 4.78 is 55.6. The molecule has 0 aromatic heterocycles. The van der Waals surface area contributed by atoms with Gasteiger partial charge in [-0.05, 0) is 31.2 Å². The monoisotopic (exact) mass is 559 g/mol. The molecular formula is C23H29F4N7O3S. The normalized spacial score (nSPS) is 19.8. The highest BCUT2D eigenvalue weighted by Crippen LogP contribution is 2.33. The summed E-state index contributed by atoms with van der Waals surface area (Å²) in [6.07, 6.45) is 4.71. The summed E-state index contributed by atoms with van der Waals surface area (Å²) in [5, 5.41) is 13.9. The summed E-state index contributed by atoms with van der Waals surface area (Å²) in [6, 6.07) is 0.240. The van der Waals surface area contributed by atoms with Crippen LogP contribution in [0.25, 0.3) is 10.4 Å². The van der Waals surface area contributed by atoms with E-state index in [2.05, 4.69) is 31.3 Å². The summed E-state index contributed by atoms with van der Waals surface area (Å²) in [7, 11) is 0. The number of unbranched alkanes of at least 4 members (excludes halogenated alkanes) is 3. The lowest BCUT2D eigenvalue weighted by atomic mass is 10.0. The van der Waals surface area contributed by atoms with Crippen molar-refractivity contribution in [1.82, 2.24) is 21.3 Å². The van der Waals surface area contributed by atoms with Crippen LogP contribution in [0.3, 0.4) is 0 Å². The van der Waals surface area contributed by atoms with Crippen LogP contribution in [0.15, 0.2) is 5.11 Å². The number of azide groups is 1. The molecule has 208 valence electrons. The van der Waals surface area contributed by atoms with Gasteiger partial charge in [0.2, 0.25) is 11.8 Å². The number of benzene rings is 1. The smallest absolute Gasteiger partial charge is 0.315 e. The van der Waals surface area contributed by atoms with Gasteiger partial charge in [-0.2, -0.15) is 11.8 Å². The molecule has 3 atom stereocenters. The number of amides is 4. The Labute approximate surface area is 220 Å². The molecule has 1 aromatic carbocycles. The van der Waals surface area contributed by atoms with Crippen molar-refractivity contribution < 1.29 is 31.9 Å². The lowest BCUT2D eigenvalue weighted by Gasteiger charge is -2.16. The molecule has 2 aliphatic heterocycles. The highest BCUT2D eigenvalue weighted by atomic mass is 32.2. The van der Waals surface area contributed by atoms with Gasteiger partial charge >= 0.3 is 6.03 Å². The predicted octanol–water partition coefficient (Wildman–Crippen LogP) is 4.20. The summed E-state index contributed by atoms with van der Waals surface area (Å²) >= 11 is 1.84. The van der Waals surface area contributed by atoms with Gasteiger partial charge in [-0.3, -0.25) is 9.59 Å². The number of fused-ring (bicyclic) bond motifs is 1. The Morgan fingerprint density at radius 1 is 0.947 bits per heavy atom. The van der Waals surface area contributed by atoms with Gasteiger partial charge in [-0.25, -0.2) is 22.4 Å². The molecule has 0 radical (unpaired) electrons. The molecular weight excluding hydrogens is 530 g/mol. The van der Waals surface area contributed by atoms with Gasteiger partial charge in [-0.1, -0.05) is 18.0 Å². The summed E-state index contributed by atoms with van der Waals surface area (Å²) in [5.74, 6) is -6.87. The Kier molecular flexibility index (Phi) is 10.9. The zero-order valence-corrected chi connectivity index (χ0v) is 21.3. The molecule has 2 saturated heterocycles. The SMILES string of the molecule is [N-]=[N+]=Nc1c(F)c(F)c(CNC(=O)CCCCCNC(=O)CCCC[C@@H]2SC[C@@H]3NC(=O)N[C@@H]32)c(F)c1F. The van der Waals surface area contributed by atoms with Crippen molar-refractivity contribution in [3.05, 3.63) is 39.3 Å². The second-order valence-electron chi connectivity index (χ2n) is 9.08. The van der Waals surface area contributed by atoms with Crippen LogP contribution < -0.4 is 21.3 Å². The van der Waals surface area contributed by atoms with E-state index in [1.165, 1.54) is 0 Å².